The summed E-state index contributed by atoms with van der Waals surface area (Å²) in [6.07, 6.45) is 1.55. The summed E-state index contributed by atoms with van der Waals surface area (Å²) in [5, 5.41) is 11.0. The zero-order chi connectivity index (χ0) is 17.1. The first-order valence-corrected chi connectivity index (χ1v) is 7.11. The van der Waals surface area contributed by atoms with Gasteiger partial charge in [-0.2, -0.15) is 10.1 Å². The minimum Gasteiger partial charge on any atom is -0.497 e. The molecule has 0 bridgehead atoms. The normalized spacial score (nSPS) is 10.6. The van der Waals surface area contributed by atoms with Crippen molar-refractivity contribution < 1.29 is 14.1 Å². The molecule has 2 aromatic heterocycles. The van der Waals surface area contributed by atoms with Crippen LogP contribution in [0.3, 0.4) is 0 Å². The van der Waals surface area contributed by atoms with E-state index in [1.165, 1.54) is 4.68 Å². The second kappa shape index (κ2) is 6.41. The van der Waals surface area contributed by atoms with Crippen molar-refractivity contribution in [1.82, 2.24) is 19.9 Å². The largest absolute Gasteiger partial charge is 0.497 e. The standard InChI is InChI=1S/C15H16N6O3/c1-21-8-11(13(16)22)14(19-21)17-7-12-18-15(24-20-12)9-3-5-10(23-2)6-4-9/h3-6,8H,7H2,1-2H3,(H2,16,22)(H,17,19). The molecule has 2 heterocycles. The smallest absolute Gasteiger partial charge is 0.257 e. The summed E-state index contributed by atoms with van der Waals surface area (Å²) in [6.45, 7) is 0.247. The van der Waals surface area contributed by atoms with Gasteiger partial charge >= 0.3 is 0 Å². The highest BCUT2D eigenvalue weighted by molar-refractivity contribution is 5.97. The summed E-state index contributed by atoms with van der Waals surface area (Å²) in [5.74, 6) is 1.39. The fourth-order valence-electron chi connectivity index (χ4n) is 2.14. The van der Waals surface area contributed by atoms with Crippen molar-refractivity contribution in [2.24, 2.45) is 12.8 Å². The van der Waals surface area contributed by atoms with Crippen LogP contribution in [0.5, 0.6) is 5.75 Å². The summed E-state index contributed by atoms with van der Waals surface area (Å²) < 4.78 is 11.8. The summed E-state index contributed by atoms with van der Waals surface area (Å²) in [5.41, 5.74) is 6.39. The Morgan fingerprint density at radius 2 is 2.12 bits per heavy atom. The fraction of sp³-hybridized carbons (Fsp3) is 0.200. The van der Waals surface area contributed by atoms with Crippen LogP contribution in [0.15, 0.2) is 35.0 Å². The molecule has 0 aliphatic carbocycles. The molecule has 3 rings (SSSR count). The summed E-state index contributed by atoms with van der Waals surface area (Å²) in [7, 11) is 3.30. The first-order valence-electron chi connectivity index (χ1n) is 7.11. The zero-order valence-corrected chi connectivity index (χ0v) is 13.2. The van der Waals surface area contributed by atoms with E-state index in [1.54, 1.807) is 20.4 Å². The maximum atomic E-state index is 11.4. The average molecular weight is 328 g/mol. The van der Waals surface area contributed by atoms with Crippen molar-refractivity contribution in [2.45, 2.75) is 6.54 Å². The molecule has 0 saturated heterocycles. The highest BCUT2D eigenvalue weighted by Crippen LogP contribution is 2.21. The number of carbonyl (C=O) groups is 1. The third-order valence-corrected chi connectivity index (χ3v) is 3.31. The topological polar surface area (TPSA) is 121 Å². The fourth-order valence-corrected chi connectivity index (χ4v) is 2.14. The van der Waals surface area contributed by atoms with Crippen molar-refractivity contribution in [3.63, 3.8) is 0 Å². The van der Waals surface area contributed by atoms with Crippen molar-refractivity contribution in [3.05, 3.63) is 41.9 Å². The molecule has 0 aliphatic rings. The van der Waals surface area contributed by atoms with Crippen LogP contribution in [0.4, 0.5) is 5.82 Å². The number of hydrogen-bond donors (Lipinski definition) is 2. The molecule has 1 aromatic carbocycles. The second-order valence-electron chi connectivity index (χ2n) is 5.03. The van der Waals surface area contributed by atoms with Gasteiger partial charge in [-0.05, 0) is 24.3 Å². The number of hydrogen-bond acceptors (Lipinski definition) is 7. The monoisotopic (exact) mass is 328 g/mol. The lowest BCUT2D eigenvalue weighted by molar-refractivity contribution is 0.100. The molecule has 9 heteroatoms. The van der Waals surface area contributed by atoms with Crippen molar-refractivity contribution in [3.8, 4) is 17.2 Å². The molecule has 3 N–H and O–H groups in total. The minimum atomic E-state index is -0.558. The van der Waals surface area contributed by atoms with Crippen LogP contribution in [0.2, 0.25) is 0 Å². The van der Waals surface area contributed by atoms with E-state index in [2.05, 4.69) is 20.6 Å². The van der Waals surface area contributed by atoms with Crippen molar-refractivity contribution in [1.29, 1.82) is 0 Å². The first-order chi connectivity index (χ1) is 11.6. The Morgan fingerprint density at radius 3 is 2.79 bits per heavy atom. The van der Waals surface area contributed by atoms with Crippen LogP contribution in [-0.4, -0.2) is 32.9 Å². The van der Waals surface area contributed by atoms with Crippen molar-refractivity contribution >= 4 is 11.7 Å². The van der Waals surface area contributed by atoms with Gasteiger partial charge in [0.1, 0.15) is 11.3 Å². The molecule has 3 aromatic rings. The lowest BCUT2D eigenvalue weighted by atomic mass is 10.2. The van der Waals surface area contributed by atoms with E-state index in [1.807, 2.05) is 24.3 Å². The van der Waals surface area contributed by atoms with Crippen LogP contribution in [0, 0.1) is 0 Å². The predicted molar refractivity (Wildman–Crippen MR) is 85.3 cm³/mol. The van der Waals surface area contributed by atoms with Gasteiger partial charge in [-0.25, -0.2) is 0 Å². The van der Waals surface area contributed by atoms with E-state index in [0.717, 1.165) is 11.3 Å². The molecule has 24 heavy (non-hydrogen) atoms. The quantitative estimate of drug-likeness (QED) is 0.697. The van der Waals surface area contributed by atoms with Gasteiger partial charge in [0.25, 0.3) is 11.8 Å². The summed E-state index contributed by atoms with van der Waals surface area (Å²) >= 11 is 0. The Morgan fingerprint density at radius 1 is 1.38 bits per heavy atom. The number of carbonyl (C=O) groups excluding carboxylic acids is 1. The number of nitrogens with zero attached hydrogens (tertiary/aromatic N) is 4. The van der Waals surface area contributed by atoms with E-state index in [9.17, 15) is 4.79 Å². The average Bonchev–Trinajstić information content (AvgIpc) is 3.19. The Labute approximate surface area is 137 Å². The zero-order valence-electron chi connectivity index (χ0n) is 13.2. The number of primary amides is 1. The number of nitrogens with two attached hydrogens (primary N) is 1. The number of ether oxygens (including phenoxy) is 1. The number of anilines is 1. The van der Waals surface area contributed by atoms with Gasteiger partial charge in [-0.15, -0.1) is 0 Å². The lowest BCUT2D eigenvalue weighted by Crippen LogP contribution is -2.13. The van der Waals surface area contributed by atoms with Gasteiger partial charge < -0.3 is 20.3 Å². The molecule has 0 fully saturated rings. The predicted octanol–water partition coefficient (Wildman–Crippen LogP) is 1.19. The van der Waals surface area contributed by atoms with Crippen LogP contribution in [0.25, 0.3) is 11.5 Å². The summed E-state index contributed by atoms with van der Waals surface area (Å²) in [4.78, 5) is 15.7. The lowest BCUT2D eigenvalue weighted by Gasteiger charge is -2.00. The molecule has 0 atom stereocenters. The highest BCUT2D eigenvalue weighted by atomic mass is 16.5. The molecular weight excluding hydrogens is 312 g/mol. The molecular formula is C15H16N6O3. The number of amides is 1. The number of rotatable bonds is 6. The maximum absolute atomic E-state index is 11.4. The number of nitrogens with one attached hydrogen (secondary N) is 1. The van der Waals surface area contributed by atoms with Gasteiger partial charge in [0.15, 0.2) is 11.6 Å². The summed E-state index contributed by atoms with van der Waals surface area (Å²) in [6, 6.07) is 7.27. The van der Waals surface area contributed by atoms with Crippen LogP contribution in [0.1, 0.15) is 16.2 Å². The van der Waals surface area contributed by atoms with Gasteiger partial charge in [0.05, 0.1) is 13.7 Å². The second-order valence-corrected chi connectivity index (χ2v) is 5.03. The molecule has 0 spiro atoms. The molecule has 0 saturated carbocycles. The Balaban J connectivity index is 1.71. The molecule has 0 aliphatic heterocycles. The SMILES string of the molecule is COc1ccc(-c2nc(CNc3nn(C)cc3C(N)=O)no2)cc1. The van der Waals surface area contributed by atoms with E-state index in [0.29, 0.717) is 23.1 Å². The Bertz CT molecular complexity index is 852. The van der Waals surface area contributed by atoms with Gasteiger partial charge in [-0.3, -0.25) is 9.48 Å². The third-order valence-electron chi connectivity index (χ3n) is 3.31. The third kappa shape index (κ3) is 3.19. The van der Waals surface area contributed by atoms with E-state index < -0.39 is 5.91 Å². The Kier molecular flexibility index (Phi) is 4.15. The van der Waals surface area contributed by atoms with Gasteiger partial charge in [0, 0.05) is 18.8 Å². The first kappa shape index (κ1) is 15.5. The molecule has 9 nitrogen and oxygen atoms in total. The molecule has 1 amide bonds. The van der Waals surface area contributed by atoms with E-state index in [4.69, 9.17) is 15.0 Å². The number of aromatic nitrogens is 4. The number of benzene rings is 1. The molecule has 0 unspecified atom stereocenters. The number of methoxy groups -OCH3 is 1. The molecule has 0 radical (unpaired) electrons. The van der Waals surface area contributed by atoms with Gasteiger partial charge in [-0.1, -0.05) is 5.16 Å². The Hall–Kier alpha value is -3.36. The van der Waals surface area contributed by atoms with Crippen LogP contribution >= 0.6 is 0 Å². The van der Waals surface area contributed by atoms with Gasteiger partial charge in [0.2, 0.25) is 0 Å². The highest BCUT2D eigenvalue weighted by Gasteiger charge is 2.14. The minimum absolute atomic E-state index is 0.247. The van der Waals surface area contributed by atoms with Crippen LogP contribution < -0.4 is 15.8 Å². The molecule has 124 valence electrons. The number of aryl methyl sites for hydroxylation is 1. The van der Waals surface area contributed by atoms with E-state index in [-0.39, 0.29) is 6.54 Å². The van der Waals surface area contributed by atoms with E-state index >= 15 is 0 Å². The van der Waals surface area contributed by atoms with Crippen LogP contribution in [-0.2, 0) is 13.6 Å². The maximum Gasteiger partial charge on any atom is 0.257 e. The van der Waals surface area contributed by atoms with Crippen molar-refractivity contribution in [2.75, 3.05) is 12.4 Å².